The van der Waals surface area contributed by atoms with Crippen molar-refractivity contribution >= 4 is 28.7 Å². The molecule has 1 aromatic heterocycles. The molecule has 0 unspecified atom stereocenters. The molecular formula is C7H4ClNOS. The first-order chi connectivity index (χ1) is 5.15. The third-order valence-electron chi connectivity index (χ3n) is 1.14. The Labute approximate surface area is 73.0 Å². The lowest BCUT2D eigenvalue weighted by Crippen LogP contribution is -1.83. The highest BCUT2D eigenvalue weighted by molar-refractivity contribution is 7.15. The Balaban J connectivity index is 3.18. The van der Waals surface area contributed by atoms with Gasteiger partial charge in [-0.15, -0.1) is 11.3 Å². The molecule has 0 atom stereocenters. The minimum absolute atomic E-state index is 0.0570. The largest absolute Gasteiger partial charge is 0.294 e. The van der Waals surface area contributed by atoms with Crippen LogP contribution in [0.1, 0.15) is 21.5 Å². The summed E-state index contributed by atoms with van der Waals surface area (Å²) in [6.45, 7) is 1.45. The summed E-state index contributed by atoms with van der Waals surface area (Å²) < 4.78 is 0. The molecule has 11 heavy (non-hydrogen) atoms. The SMILES string of the molecule is CC(=O)c1cc(Cl)c(C#N)s1. The highest BCUT2D eigenvalue weighted by Gasteiger charge is 2.08. The minimum Gasteiger partial charge on any atom is -0.294 e. The molecule has 0 aromatic carbocycles. The summed E-state index contributed by atoms with van der Waals surface area (Å²) >= 11 is 6.75. The summed E-state index contributed by atoms with van der Waals surface area (Å²) in [4.78, 5) is 11.7. The lowest BCUT2D eigenvalue weighted by molar-refractivity contribution is 0.102. The fraction of sp³-hybridized carbons (Fsp3) is 0.143. The van der Waals surface area contributed by atoms with Gasteiger partial charge in [-0.25, -0.2) is 0 Å². The van der Waals surface area contributed by atoms with Crippen molar-refractivity contribution in [3.05, 3.63) is 20.8 Å². The lowest BCUT2D eigenvalue weighted by Gasteiger charge is -1.80. The van der Waals surface area contributed by atoms with E-state index in [4.69, 9.17) is 16.9 Å². The maximum absolute atomic E-state index is 10.8. The van der Waals surface area contributed by atoms with Gasteiger partial charge >= 0.3 is 0 Å². The number of hydrogen-bond donors (Lipinski definition) is 0. The van der Waals surface area contributed by atoms with E-state index in [1.54, 1.807) is 0 Å². The third kappa shape index (κ3) is 1.59. The second-order valence-corrected chi connectivity index (χ2v) is 3.42. The molecule has 0 aliphatic carbocycles. The van der Waals surface area contributed by atoms with E-state index in [1.807, 2.05) is 6.07 Å². The minimum atomic E-state index is -0.0570. The average Bonchev–Trinajstić information content (AvgIpc) is 2.31. The van der Waals surface area contributed by atoms with Gasteiger partial charge in [-0.1, -0.05) is 11.6 Å². The van der Waals surface area contributed by atoms with Crippen LogP contribution in [0.2, 0.25) is 5.02 Å². The molecule has 1 rings (SSSR count). The quantitative estimate of drug-likeness (QED) is 0.631. The van der Waals surface area contributed by atoms with Crippen LogP contribution in [-0.4, -0.2) is 5.78 Å². The van der Waals surface area contributed by atoms with Crippen molar-refractivity contribution in [2.24, 2.45) is 0 Å². The monoisotopic (exact) mass is 185 g/mol. The number of halogens is 1. The van der Waals surface area contributed by atoms with E-state index in [0.29, 0.717) is 14.8 Å². The van der Waals surface area contributed by atoms with Gasteiger partial charge in [-0.05, 0) is 13.0 Å². The number of ketones is 1. The fourth-order valence-corrected chi connectivity index (χ4v) is 1.69. The topological polar surface area (TPSA) is 40.9 Å². The maximum atomic E-state index is 10.8. The van der Waals surface area contributed by atoms with Crippen LogP contribution in [0.25, 0.3) is 0 Å². The van der Waals surface area contributed by atoms with Crippen molar-refractivity contribution in [1.29, 1.82) is 5.26 Å². The van der Waals surface area contributed by atoms with Gasteiger partial charge < -0.3 is 0 Å². The number of thiophene rings is 1. The van der Waals surface area contributed by atoms with Crippen LogP contribution in [0.4, 0.5) is 0 Å². The number of nitrogens with zero attached hydrogens (tertiary/aromatic N) is 1. The number of carbonyl (C=O) groups is 1. The van der Waals surface area contributed by atoms with Crippen molar-refractivity contribution in [2.45, 2.75) is 6.92 Å². The Hall–Kier alpha value is -0.850. The van der Waals surface area contributed by atoms with Gasteiger partial charge in [-0.2, -0.15) is 5.26 Å². The van der Waals surface area contributed by atoms with Gasteiger partial charge in [0.2, 0.25) is 0 Å². The van der Waals surface area contributed by atoms with E-state index in [0.717, 1.165) is 11.3 Å². The molecule has 0 N–H and O–H groups in total. The second-order valence-electron chi connectivity index (χ2n) is 1.96. The summed E-state index contributed by atoms with van der Waals surface area (Å²) in [5.41, 5.74) is 0. The van der Waals surface area contributed by atoms with E-state index >= 15 is 0 Å². The van der Waals surface area contributed by atoms with E-state index in [9.17, 15) is 4.79 Å². The van der Waals surface area contributed by atoms with Crippen LogP contribution in [-0.2, 0) is 0 Å². The zero-order valence-corrected chi connectivity index (χ0v) is 7.29. The molecule has 1 aromatic rings. The van der Waals surface area contributed by atoms with Crippen LogP contribution in [0.15, 0.2) is 6.07 Å². The molecule has 1 heterocycles. The zero-order valence-electron chi connectivity index (χ0n) is 5.72. The second kappa shape index (κ2) is 3.04. The van der Waals surface area contributed by atoms with Crippen LogP contribution in [0.5, 0.6) is 0 Å². The number of Topliss-reactive ketones (excluding diaryl/α,β-unsaturated/α-hetero) is 1. The molecule has 0 saturated carbocycles. The molecule has 0 spiro atoms. The zero-order chi connectivity index (χ0) is 8.43. The Morgan fingerprint density at radius 2 is 2.45 bits per heavy atom. The highest BCUT2D eigenvalue weighted by Crippen LogP contribution is 2.25. The average molecular weight is 186 g/mol. The molecule has 0 saturated heterocycles. The summed E-state index contributed by atoms with van der Waals surface area (Å²) in [6, 6.07) is 3.43. The van der Waals surface area contributed by atoms with Gasteiger partial charge in [-0.3, -0.25) is 4.79 Å². The highest BCUT2D eigenvalue weighted by atomic mass is 35.5. The third-order valence-corrected chi connectivity index (χ3v) is 2.69. The molecule has 56 valence electrons. The van der Waals surface area contributed by atoms with Gasteiger partial charge in [0.25, 0.3) is 0 Å². The molecule has 0 aliphatic rings. The first-order valence-electron chi connectivity index (χ1n) is 2.85. The van der Waals surface area contributed by atoms with Crippen molar-refractivity contribution in [3.63, 3.8) is 0 Å². The predicted octanol–water partition coefficient (Wildman–Crippen LogP) is 2.48. The Bertz CT molecular complexity index is 337. The summed E-state index contributed by atoms with van der Waals surface area (Å²) in [6.07, 6.45) is 0. The van der Waals surface area contributed by atoms with Crippen LogP contribution in [0.3, 0.4) is 0 Å². The number of rotatable bonds is 1. The number of hydrogen-bond acceptors (Lipinski definition) is 3. The molecule has 0 fully saturated rings. The standard InChI is InChI=1S/C7H4ClNOS/c1-4(10)6-2-5(8)7(3-9)11-6/h2H,1H3. The predicted molar refractivity (Wildman–Crippen MR) is 44.0 cm³/mol. The number of nitriles is 1. The summed E-state index contributed by atoms with van der Waals surface area (Å²) in [5.74, 6) is -0.0570. The molecule has 0 aliphatic heterocycles. The van der Waals surface area contributed by atoms with Gasteiger partial charge in [0, 0.05) is 0 Å². The van der Waals surface area contributed by atoms with Gasteiger partial charge in [0.1, 0.15) is 10.9 Å². The van der Waals surface area contributed by atoms with E-state index < -0.39 is 0 Å². The molecule has 2 nitrogen and oxygen atoms in total. The normalized spacial score (nSPS) is 9.18. The van der Waals surface area contributed by atoms with Crippen LogP contribution >= 0.6 is 22.9 Å². The Morgan fingerprint density at radius 1 is 1.82 bits per heavy atom. The first-order valence-corrected chi connectivity index (χ1v) is 4.05. The van der Waals surface area contributed by atoms with Gasteiger partial charge in [0.05, 0.1) is 9.90 Å². The Kier molecular flexibility index (Phi) is 2.28. The molecule has 0 radical (unpaired) electrons. The summed E-state index contributed by atoms with van der Waals surface area (Å²) in [7, 11) is 0. The van der Waals surface area contributed by atoms with Crippen molar-refractivity contribution < 1.29 is 4.79 Å². The van der Waals surface area contributed by atoms with Crippen LogP contribution < -0.4 is 0 Å². The van der Waals surface area contributed by atoms with Gasteiger partial charge in [0.15, 0.2) is 5.78 Å². The summed E-state index contributed by atoms with van der Waals surface area (Å²) in [5, 5.41) is 8.84. The van der Waals surface area contributed by atoms with Crippen molar-refractivity contribution in [2.75, 3.05) is 0 Å². The van der Waals surface area contributed by atoms with Crippen LogP contribution in [0, 0.1) is 11.3 Å². The van der Waals surface area contributed by atoms with E-state index in [-0.39, 0.29) is 5.78 Å². The lowest BCUT2D eigenvalue weighted by atomic mass is 10.3. The van der Waals surface area contributed by atoms with Crippen molar-refractivity contribution in [1.82, 2.24) is 0 Å². The molecule has 4 heteroatoms. The first kappa shape index (κ1) is 8.25. The Morgan fingerprint density at radius 3 is 2.73 bits per heavy atom. The number of carbonyl (C=O) groups excluding carboxylic acids is 1. The molecular weight excluding hydrogens is 182 g/mol. The fourth-order valence-electron chi connectivity index (χ4n) is 0.619. The van der Waals surface area contributed by atoms with E-state index in [1.165, 1.54) is 13.0 Å². The van der Waals surface area contributed by atoms with E-state index in [2.05, 4.69) is 0 Å². The molecule has 0 amide bonds. The molecule has 0 bridgehead atoms. The maximum Gasteiger partial charge on any atom is 0.169 e. The smallest absolute Gasteiger partial charge is 0.169 e. The van der Waals surface area contributed by atoms with Crippen molar-refractivity contribution in [3.8, 4) is 6.07 Å².